The number of rotatable bonds is 1. The van der Waals surface area contributed by atoms with Gasteiger partial charge in [-0.1, -0.05) is 0 Å². The second kappa shape index (κ2) is 3.51. The monoisotopic (exact) mass is 189 g/mol. The first-order valence-electron chi connectivity index (χ1n) is 1.59. The average Bonchev–Trinajstić information content (AvgIpc) is 1.31. The van der Waals surface area contributed by atoms with Gasteiger partial charge in [0.25, 0.3) is 0 Å². The topological polar surface area (TPSA) is 57.6 Å². The van der Waals surface area contributed by atoms with E-state index in [0.29, 0.717) is 4.31 Å². The Hall–Kier alpha value is 0.493. The van der Waals surface area contributed by atoms with Crippen molar-refractivity contribution >= 4 is 10.3 Å². The van der Waals surface area contributed by atoms with Gasteiger partial charge in [0.15, 0.2) is 0 Å². The smallest absolute Gasteiger partial charge is 0.273 e. The van der Waals surface area contributed by atoms with E-state index >= 15 is 0 Å². The van der Waals surface area contributed by atoms with E-state index in [1.807, 2.05) is 0 Å². The Balaban J connectivity index is 0. The van der Waals surface area contributed by atoms with Crippen LogP contribution in [0.1, 0.15) is 0 Å². The summed E-state index contributed by atoms with van der Waals surface area (Å²) in [5.41, 5.74) is 0. The minimum atomic E-state index is -3.91. The molecule has 1 N–H and O–H groups in total. The van der Waals surface area contributed by atoms with Crippen LogP contribution < -0.4 is 0 Å². The van der Waals surface area contributed by atoms with Gasteiger partial charge in [-0.05, 0) is 0 Å². The maximum atomic E-state index is 9.81. The first kappa shape index (κ1) is 11.3. The molecule has 0 spiro atoms. The zero-order valence-electron chi connectivity index (χ0n) is 4.83. The Kier molecular flexibility index (Phi) is 4.96. The molecular formula is C2H7NO3SZn. The maximum absolute atomic E-state index is 9.81. The predicted octanol–water partition coefficient (Wildman–Crippen LogP) is -0.652. The molecule has 46 valence electrons. The van der Waals surface area contributed by atoms with Crippen LogP contribution >= 0.6 is 0 Å². The van der Waals surface area contributed by atoms with Gasteiger partial charge < -0.3 is 0 Å². The molecular weight excluding hydrogens is 183 g/mol. The van der Waals surface area contributed by atoms with E-state index in [1.165, 1.54) is 14.1 Å². The Morgan fingerprint density at radius 3 is 1.50 bits per heavy atom. The fourth-order valence-corrected chi connectivity index (χ4v) is 0. The maximum Gasteiger partial charge on any atom is 0.335 e. The van der Waals surface area contributed by atoms with Crippen LogP contribution in [0.5, 0.6) is 0 Å². The van der Waals surface area contributed by atoms with Crippen molar-refractivity contribution in [2.45, 2.75) is 0 Å². The van der Waals surface area contributed by atoms with E-state index in [1.54, 1.807) is 0 Å². The van der Waals surface area contributed by atoms with Crippen LogP contribution in [0.15, 0.2) is 0 Å². The van der Waals surface area contributed by atoms with Crippen molar-refractivity contribution in [3.63, 3.8) is 0 Å². The van der Waals surface area contributed by atoms with Crippen molar-refractivity contribution in [3.8, 4) is 0 Å². The van der Waals surface area contributed by atoms with Crippen molar-refractivity contribution in [3.05, 3.63) is 0 Å². The normalized spacial score (nSPS) is 11.0. The SMILES string of the molecule is CN(C)S(=O)(=O)O.[Zn]. The fourth-order valence-electron chi connectivity index (χ4n) is 0. The van der Waals surface area contributed by atoms with Crippen molar-refractivity contribution in [2.24, 2.45) is 0 Å². The van der Waals surface area contributed by atoms with Crippen LogP contribution in [0.25, 0.3) is 0 Å². The summed E-state index contributed by atoms with van der Waals surface area (Å²) >= 11 is 0. The molecule has 8 heavy (non-hydrogen) atoms. The van der Waals surface area contributed by atoms with Crippen molar-refractivity contribution < 1.29 is 32.4 Å². The summed E-state index contributed by atoms with van der Waals surface area (Å²) in [7, 11) is -1.42. The second-order valence-electron chi connectivity index (χ2n) is 1.26. The van der Waals surface area contributed by atoms with Crippen LogP contribution in [0.2, 0.25) is 0 Å². The van der Waals surface area contributed by atoms with Crippen LogP contribution in [-0.2, 0) is 29.8 Å². The van der Waals surface area contributed by atoms with E-state index in [9.17, 15) is 8.42 Å². The molecule has 0 aliphatic carbocycles. The van der Waals surface area contributed by atoms with E-state index in [4.69, 9.17) is 4.55 Å². The summed E-state index contributed by atoms with van der Waals surface area (Å²) in [6.07, 6.45) is 0. The van der Waals surface area contributed by atoms with Gasteiger partial charge in [0, 0.05) is 33.6 Å². The molecule has 0 aromatic rings. The molecule has 0 aliphatic heterocycles. The summed E-state index contributed by atoms with van der Waals surface area (Å²) in [4.78, 5) is 0. The summed E-state index contributed by atoms with van der Waals surface area (Å²) in [6, 6.07) is 0. The van der Waals surface area contributed by atoms with E-state index in [0.717, 1.165) is 0 Å². The minimum Gasteiger partial charge on any atom is -0.273 e. The van der Waals surface area contributed by atoms with E-state index in [-0.39, 0.29) is 19.5 Å². The van der Waals surface area contributed by atoms with Gasteiger partial charge in [-0.3, -0.25) is 4.55 Å². The Morgan fingerprint density at radius 1 is 1.38 bits per heavy atom. The number of nitrogens with zero attached hydrogens (tertiary/aromatic N) is 1. The molecule has 0 aliphatic rings. The molecule has 0 heterocycles. The zero-order chi connectivity index (χ0) is 6.08. The average molecular weight is 191 g/mol. The van der Waals surface area contributed by atoms with Gasteiger partial charge in [0.1, 0.15) is 0 Å². The molecule has 0 amide bonds. The third-order valence-electron chi connectivity index (χ3n) is 0.461. The van der Waals surface area contributed by atoms with Gasteiger partial charge in [0.2, 0.25) is 0 Å². The fraction of sp³-hybridized carbons (Fsp3) is 1.00. The number of hydrogen-bond donors (Lipinski definition) is 1. The van der Waals surface area contributed by atoms with Crippen molar-refractivity contribution in [1.82, 2.24) is 4.31 Å². The number of hydrogen-bond acceptors (Lipinski definition) is 2. The van der Waals surface area contributed by atoms with Crippen molar-refractivity contribution in [1.29, 1.82) is 0 Å². The first-order chi connectivity index (χ1) is 2.94. The summed E-state index contributed by atoms with van der Waals surface area (Å²) in [5.74, 6) is 0. The van der Waals surface area contributed by atoms with Crippen molar-refractivity contribution in [2.75, 3.05) is 14.1 Å². The minimum absolute atomic E-state index is 0. The molecule has 0 saturated heterocycles. The molecule has 0 aromatic heterocycles. The van der Waals surface area contributed by atoms with Gasteiger partial charge >= 0.3 is 10.3 Å². The zero-order valence-corrected chi connectivity index (χ0v) is 8.61. The van der Waals surface area contributed by atoms with E-state index in [2.05, 4.69) is 0 Å². The molecule has 4 nitrogen and oxygen atoms in total. The quantitative estimate of drug-likeness (QED) is 0.442. The molecule has 0 unspecified atom stereocenters. The summed E-state index contributed by atoms with van der Waals surface area (Å²) in [6.45, 7) is 0. The molecule has 0 radical (unpaired) electrons. The van der Waals surface area contributed by atoms with Crippen LogP contribution in [0, 0.1) is 0 Å². The summed E-state index contributed by atoms with van der Waals surface area (Å²) < 4.78 is 28.3. The molecule has 0 fully saturated rings. The second-order valence-corrected chi connectivity index (χ2v) is 2.89. The molecule has 0 bridgehead atoms. The summed E-state index contributed by atoms with van der Waals surface area (Å²) in [5, 5.41) is 0. The van der Waals surface area contributed by atoms with Gasteiger partial charge in [-0.25, -0.2) is 0 Å². The Morgan fingerprint density at radius 2 is 1.50 bits per heavy atom. The molecule has 0 atom stereocenters. The van der Waals surface area contributed by atoms with E-state index < -0.39 is 10.3 Å². The standard InChI is InChI=1S/C2H7NO3S.Zn/c1-3(2)7(4,5)6;/h1-2H3,(H,4,5,6);. The molecule has 0 aromatic carbocycles. The third-order valence-corrected chi connectivity index (χ3v) is 1.38. The molecule has 0 rings (SSSR count). The van der Waals surface area contributed by atoms with Gasteiger partial charge in [-0.2, -0.15) is 12.7 Å². The predicted molar refractivity (Wildman–Crippen MR) is 25.2 cm³/mol. The van der Waals surface area contributed by atoms with Crippen LogP contribution in [0.3, 0.4) is 0 Å². The van der Waals surface area contributed by atoms with Crippen LogP contribution in [0.4, 0.5) is 0 Å². The van der Waals surface area contributed by atoms with Crippen LogP contribution in [-0.4, -0.2) is 31.4 Å². The molecule has 0 saturated carbocycles. The van der Waals surface area contributed by atoms with Gasteiger partial charge in [0.05, 0.1) is 0 Å². The largest absolute Gasteiger partial charge is 0.335 e. The third kappa shape index (κ3) is 4.65. The Labute approximate surface area is 61.5 Å². The molecule has 6 heteroatoms. The Bertz CT molecular complexity index is 139. The first-order valence-corrected chi connectivity index (χ1v) is 2.99. The van der Waals surface area contributed by atoms with Gasteiger partial charge in [-0.15, -0.1) is 0 Å².